The third-order valence-corrected chi connectivity index (χ3v) is 11.1. The van der Waals surface area contributed by atoms with Crippen LogP contribution in [-0.2, 0) is 18.9 Å². The molecule has 7 rings (SSSR count). The second-order valence-electron chi connectivity index (χ2n) is 10.3. The molecule has 0 aromatic heterocycles. The number of rotatable bonds is 2. The van der Waals surface area contributed by atoms with Crippen molar-refractivity contribution in [2.45, 2.75) is 37.6 Å². The summed E-state index contributed by atoms with van der Waals surface area (Å²) < 4.78 is 31.6. The van der Waals surface area contributed by atoms with Crippen molar-refractivity contribution < 1.29 is 18.9 Å². The van der Waals surface area contributed by atoms with Crippen molar-refractivity contribution in [1.82, 2.24) is 0 Å². The molecule has 4 atom stereocenters. The molecule has 0 amide bonds. The number of ether oxygens (including phenoxy) is 4. The molecule has 1 saturated heterocycles. The van der Waals surface area contributed by atoms with Gasteiger partial charge in [-0.15, -0.1) is 0 Å². The quantitative estimate of drug-likeness (QED) is 0.188. The third kappa shape index (κ3) is 5.75. The highest BCUT2D eigenvalue weighted by molar-refractivity contribution is 14.1. The van der Waals surface area contributed by atoms with Crippen LogP contribution in [0.3, 0.4) is 0 Å². The van der Waals surface area contributed by atoms with E-state index < -0.39 is 12.6 Å². The number of halogens is 4. The molecule has 0 aliphatic carbocycles. The number of benzene rings is 4. The van der Waals surface area contributed by atoms with Crippen LogP contribution < -0.4 is 0 Å². The Morgan fingerprint density at radius 1 is 0.524 bits per heavy atom. The first-order valence-electron chi connectivity index (χ1n) is 13.6. The standard InChI is InChI=1S/C34H24Br2I2O4/c35-21-13-9-19(10-14-21)27-17-29-31(37)23-5-1-3-7-25(23)33(41-29)39-28(20-11-15-22(36)16-12-20)18-30-32(38)24-6-2-4-8-26(24)34(40-27)42-30/h1-16,27-28,33-34H,17-18H2/t27-,28-,33+,34+/m1/s1. The van der Waals surface area contributed by atoms with Crippen LogP contribution in [0.5, 0.6) is 0 Å². The minimum atomic E-state index is -0.585. The fourth-order valence-electron chi connectivity index (χ4n) is 5.55. The molecule has 0 saturated carbocycles. The molecule has 0 N–H and O–H groups in total. The lowest BCUT2D eigenvalue weighted by molar-refractivity contribution is -0.192. The normalized spacial score (nSPS) is 23.5. The molecule has 1 fully saturated rings. The Balaban J connectivity index is 1.39. The van der Waals surface area contributed by atoms with Crippen molar-refractivity contribution >= 4 is 84.2 Å². The lowest BCUT2D eigenvalue weighted by atomic mass is 9.97. The third-order valence-electron chi connectivity index (χ3n) is 7.69. The molecule has 42 heavy (non-hydrogen) atoms. The largest absolute Gasteiger partial charge is 0.464 e. The minimum absolute atomic E-state index is 0.319. The van der Waals surface area contributed by atoms with Crippen molar-refractivity contribution in [3.63, 3.8) is 0 Å². The number of hydrogen-bond donors (Lipinski definition) is 0. The summed E-state index contributed by atoms with van der Waals surface area (Å²) in [5.41, 5.74) is 6.38. The Kier molecular flexibility index (Phi) is 8.54. The molecule has 8 heteroatoms. The van der Waals surface area contributed by atoms with Gasteiger partial charge < -0.3 is 18.9 Å². The average molecular weight is 910 g/mol. The summed E-state index contributed by atoms with van der Waals surface area (Å²) >= 11 is 12.0. The van der Waals surface area contributed by atoms with Crippen LogP contribution >= 0.6 is 77.0 Å². The maximum Gasteiger partial charge on any atom is 0.227 e. The van der Waals surface area contributed by atoms with Gasteiger partial charge in [0.1, 0.15) is 11.5 Å². The smallest absolute Gasteiger partial charge is 0.227 e. The Morgan fingerprint density at radius 2 is 0.905 bits per heavy atom. The monoisotopic (exact) mass is 908 g/mol. The van der Waals surface area contributed by atoms with Gasteiger partial charge in [-0.25, -0.2) is 0 Å². The molecule has 4 aromatic carbocycles. The molecule has 3 aliphatic rings. The van der Waals surface area contributed by atoms with Gasteiger partial charge in [0.15, 0.2) is 0 Å². The summed E-state index contributed by atoms with van der Waals surface area (Å²) in [7, 11) is 0. The highest BCUT2D eigenvalue weighted by Gasteiger charge is 2.37. The minimum Gasteiger partial charge on any atom is -0.464 e. The van der Waals surface area contributed by atoms with Gasteiger partial charge in [0.05, 0.1) is 19.4 Å². The Hall–Kier alpha value is -1.70. The lowest BCUT2D eigenvalue weighted by Crippen LogP contribution is -2.24. The van der Waals surface area contributed by atoms with E-state index in [-0.39, 0.29) is 12.2 Å². The zero-order valence-corrected chi connectivity index (χ0v) is 29.6. The van der Waals surface area contributed by atoms with E-state index in [0.29, 0.717) is 12.8 Å². The summed E-state index contributed by atoms with van der Waals surface area (Å²) in [6.07, 6.45) is -0.762. The first-order valence-corrected chi connectivity index (χ1v) is 17.3. The topological polar surface area (TPSA) is 36.9 Å². The fourth-order valence-corrected chi connectivity index (χ4v) is 7.76. The van der Waals surface area contributed by atoms with E-state index in [2.05, 4.69) is 138 Å². The van der Waals surface area contributed by atoms with Gasteiger partial charge in [0.25, 0.3) is 0 Å². The van der Waals surface area contributed by atoms with Gasteiger partial charge in [-0.3, -0.25) is 0 Å². The van der Waals surface area contributed by atoms with Gasteiger partial charge in [0, 0.05) is 44.0 Å². The van der Waals surface area contributed by atoms with Crippen LogP contribution in [0.2, 0.25) is 0 Å². The van der Waals surface area contributed by atoms with Gasteiger partial charge in [-0.05, 0) is 80.6 Å². The van der Waals surface area contributed by atoms with E-state index in [9.17, 15) is 0 Å². The second-order valence-corrected chi connectivity index (χ2v) is 14.3. The van der Waals surface area contributed by atoms with Gasteiger partial charge in [0.2, 0.25) is 12.6 Å². The predicted octanol–water partition coefficient (Wildman–Crippen LogP) is 11.5. The van der Waals surface area contributed by atoms with E-state index in [1.54, 1.807) is 0 Å². The van der Waals surface area contributed by atoms with E-state index in [1.807, 2.05) is 36.4 Å². The highest BCUT2D eigenvalue weighted by atomic mass is 127. The molecule has 0 spiro atoms. The van der Waals surface area contributed by atoms with Crippen molar-refractivity contribution in [3.05, 3.63) is 151 Å². The molecule has 3 aliphatic heterocycles. The van der Waals surface area contributed by atoms with Crippen LogP contribution in [0, 0.1) is 0 Å². The van der Waals surface area contributed by atoms with Crippen molar-refractivity contribution in [2.24, 2.45) is 0 Å². The maximum atomic E-state index is 6.94. The van der Waals surface area contributed by atoms with E-state index in [1.165, 1.54) is 0 Å². The van der Waals surface area contributed by atoms with Crippen LogP contribution in [-0.4, -0.2) is 0 Å². The number of hydrogen-bond acceptors (Lipinski definition) is 4. The molecule has 0 unspecified atom stereocenters. The Bertz CT molecular complexity index is 1570. The molecule has 212 valence electrons. The summed E-state index contributed by atoms with van der Waals surface area (Å²) in [4.78, 5) is 0. The van der Waals surface area contributed by atoms with E-state index >= 15 is 0 Å². The van der Waals surface area contributed by atoms with E-state index in [4.69, 9.17) is 18.9 Å². The second kappa shape index (κ2) is 12.4. The van der Waals surface area contributed by atoms with Gasteiger partial charge in [-0.2, -0.15) is 0 Å². The molecule has 4 aromatic rings. The zero-order chi connectivity index (χ0) is 28.8. The summed E-state index contributed by atoms with van der Waals surface area (Å²) in [5, 5.41) is 0. The fraction of sp³-hybridized carbons (Fsp3) is 0.176. The molecule has 4 nitrogen and oxygen atoms in total. The molecule has 0 radical (unpaired) electrons. The van der Waals surface area contributed by atoms with Crippen molar-refractivity contribution in [3.8, 4) is 0 Å². The van der Waals surface area contributed by atoms with Crippen LogP contribution in [0.25, 0.3) is 7.16 Å². The summed E-state index contributed by atoms with van der Waals surface area (Å²) in [6, 6.07) is 33.2. The predicted molar refractivity (Wildman–Crippen MR) is 188 cm³/mol. The summed E-state index contributed by atoms with van der Waals surface area (Å²) in [5.74, 6) is 1.69. The summed E-state index contributed by atoms with van der Waals surface area (Å²) in [6.45, 7) is 0. The average Bonchev–Trinajstić information content (AvgIpc) is 3.01. The van der Waals surface area contributed by atoms with Crippen molar-refractivity contribution in [2.75, 3.05) is 0 Å². The Labute approximate surface area is 289 Å². The lowest BCUT2D eigenvalue weighted by Gasteiger charge is -2.37. The van der Waals surface area contributed by atoms with E-state index in [0.717, 1.165) is 61.0 Å². The molecular weight excluding hydrogens is 886 g/mol. The molecular formula is C34H24Br2I2O4. The first kappa shape index (κ1) is 29.0. The van der Waals surface area contributed by atoms with Crippen LogP contribution in [0.1, 0.15) is 71.0 Å². The zero-order valence-electron chi connectivity index (χ0n) is 22.1. The first-order chi connectivity index (χ1) is 20.4. The molecule has 4 bridgehead atoms. The van der Waals surface area contributed by atoms with Crippen LogP contribution in [0.4, 0.5) is 0 Å². The SMILES string of the molecule is Brc1ccc([C@H]2CC3=C(I)c4ccccc4[C@H](O3)O[C@@H](c3ccc(Br)cc3)CC3=C(I)c4ccccc4[C@H](O3)O2)cc1. The maximum absolute atomic E-state index is 6.94. The van der Waals surface area contributed by atoms with Crippen LogP contribution in [0.15, 0.2) is 118 Å². The molecule has 3 heterocycles. The highest BCUT2D eigenvalue weighted by Crippen LogP contribution is 2.50. The van der Waals surface area contributed by atoms with Gasteiger partial charge in [-0.1, -0.05) is 105 Å². The number of fused-ring (bicyclic) bond motifs is 8. The van der Waals surface area contributed by atoms with Crippen molar-refractivity contribution in [1.29, 1.82) is 0 Å². The Morgan fingerprint density at radius 3 is 1.31 bits per heavy atom. The van der Waals surface area contributed by atoms with Gasteiger partial charge >= 0.3 is 0 Å².